The van der Waals surface area contributed by atoms with E-state index < -0.39 is 0 Å². The van der Waals surface area contributed by atoms with Crippen molar-refractivity contribution in [1.82, 2.24) is 9.97 Å². The van der Waals surface area contributed by atoms with Gasteiger partial charge in [0.2, 0.25) is 5.95 Å². The average Bonchev–Trinajstić information content (AvgIpc) is 2.00. The molecule has 0 unspecified atom stereocenters. The molecular weight excluding hydrogens is 200 g/mol. The molecule has 5 heteroatoms. The molecule has 1 aromatic heterocycles. The number of hydrogen-bond acceptors (Lipinski definition) is 4. The van der Waals surface area contributed by atoms with Crippen molar-refractivity contribution in [3.05, 3.63) is 11.2 Å². The molecule has 76 valence electrons. The third-order valence-electron chi connectivity index (χ3n) is 2.65. The maximum Gasteiger partial charge on any atom is 0.223 e. The van der Waals surface area contributed by atoms with Gasteiger partial charge in [0.1, 0.15) is 11.0 Å². The fourth-order valence-electron chi connectivity index (χ4n) is 1.66. The van der Waals surface area contributed by atoms with Gasteiger partial charge in [-0.3, -0.25) is 0 Å². The van der Waals surface area contributed by atoms with Gasteiger partial charge >= 0.3 is 0 Å². The lowest BCUT2D eigenvalue weighted by Gasteiger charge is -2.49. The van der Waals surface area contributed by atoms with E-state index in [9.17, 15) is 0 Å². The van der Waals surface area contributed by atoms with Crippen LogP contribution in [-0.4, -0.2) is 22.1 Å². The van der Waals surface area contributed by atoms with Gasteiger partial charge in [-0.15, -0.1) is 0 Å². The summed E-state index contributed by atoms with van der Waals surface area (Å²) in [5, 5.41) is 0.398. The third kappa shape index (κ3) is 1.50. The van der Waals surface area contributed by atoms with Crippen molar-refractivity contribution in [2.45, 2.75) is 25.8 Å². The minimum absolute atomic E-state index is 0.157. The first-order valence-electron chi connectivity index (χ1n) is 4.57. The quantitative estimate of drug-likeness (QED) is 0.720. The molecule has 2 rings (SSSR count). The Morgan fingerprint density at radius 1 is 1.50 bits per heavy atom. The van der Waals surface area contributed by atoms with Gasteiger partial charge < -0.3 is 10.6 Å². The molecule has 0 radical (unpaired) electrons. The molecule has 1 saturated heterocycles. The molecule has 1 aromatic rings. The van der Waals surface area contributed by atoms with Crippen LogP contribution in [0.2, 0.25) is 5.15 Å². The molecule has 0 spiro atoms. The molecule has 2 heterocycles. The zero-order valence-corrected chi connectivity index (χ0v) is 9.04. The first kappa shape index (κ1) is 9.52. The highest BCUT2D eigenvalue weighted by molar-refractivity contribution is 6.29. The number of anilines is 2. The van der Waals surface area contributed by atoms with E-state index in [4.69, 9.17) is 17.3 Å². The molecule has 0 saturated carbocycles. The summed E-state index contributed by atoms with van der Waals surface area (Å²) in [4.78, 5) is 10.2. The fourth-order valence-corrected chi connectivity index (χ4v) is 1.84. The predicted molar refractivity (Wildman–Crippen MR) is 57.5 cm³/mol. The molecule has 0 atom stereocenters. The summed E-state index contributed by atoms with van der Waals surface area (Å²) in [6.45, 7) is 5.34. The zero-order chi connectivity index (χ0) is 10.3. The monoisotopic (exact) mass is 212 g/mol. The number of nitrogen functional groups attached to an aromatic ring is 1. The van der Waals surface area contributed by atoms with Crippen LogP contribution in [0.15, 0.2) is 6.07 Å². The van der Waals surface area contributed by atoms with Crippen molar-refractivity contribution in [3.63, 3.8) is 0 Å². The number of nitrogens with two attached hydrogens (primary N) is 1. The van der Waals surface area contributed by atoms with Gasteiger partial charge in [-0.2, -0.15) is 4.98 Å². The van der Waals surface area contributed by atoms with Crippen LogP contribution in [0.4, 0.5) is 11.8 Å². The van der Waals surface area contributed by atoms with Gasteiger partial charge in [0.25, 0.3) is 0 Å². The van der Waals surface area contributed by atoms with E-state index in [1.54, 1.807) is 6.07 Å². The van der Waals surface area contributed by atoms with Gasteiger partial charge in [-0.05, 0) is 20.3 Å². The predicted octanol–water partition coefficient (Wildman–Crippen LogP) is 1.70. The van der Waals surface area contributed by atoms with Crippen molar-refractivity contribution < 1.29 is 0 Å². The topological polar surface area (TPSA) is 55.0 Å². The molecule has 1 aliphatic heterocycles. The second-order valence-corrected chi connectivity index (χ2v) is 4.51. The van der Waals surface area contributed by atoms with Crippen LogP contribution in [0.1, 0.15) is 20.3 Å². The molecular formula is C9H13ClN4. The molecule has 2 N–H and O–H groups in total. The maximum atomic E-state index is 5.81. The lowest BCUT2D eigenvalue weighted by atomic mass is 9.89. The average molecular weight is 213 g/mol. The van der Waals surface area contributed by atoms with Crippen LogP contribution < -0.4 is 10.6 Å². The van der Waals surface area contributed by atoms with E-state index >= 15 is 0 Å². The van der Waals surface area contributed by atoms with Gasteiger partial charge in [0.05, 0.1) is 0 Å². The Morgan fingerprint density at radius 3 is 2.64 bits per heavy atom. The van der Waals surface area contributed by atoms with Crippen LogP contribution >= 0.6 is 11.6 Å². The van der Waals surface area contributed by atoms with Crippen molar-refractivity contribution in [2.75, 3.05) is 17.2 Å². The van der Waals surface area contributed by atoms with E-state index in [2.05, 4.69) is 28.7 Å². The number of hydrogen-bond donors (Lipinski definition) is 1. The molecule has 0 aromatic carbocycles. The molecule has 1 aliphatic rings. The van der Waals surface area contributed by atoms with E-state index in [0.29, 0.717) is 5.15 Å². The maximum absolute atomic E-state index is 5.81. The summed E-state index contributed by atoms with van der Waals surface area (Å²) >= 11 is 5.81. The Kier molecular flexibility index (Phi) is 2.03. The SMILES string of the molecule is CC1(C)CCN1c1cc(Cl)nc(N)n1. The molecule has 0 amide bonds. The normalized spacial score (nSPS) is 19.2. The summed E-state index contributed by atoms with van der Waals surface area (Å²) < 4.78 is 0. The summed E-state index contributed by atoms with van der Waals surface area (Å²) in [5.41, 5.74) is 5.69. The highest BCUT2D eigenvalue weighted by Crippen LogP contribution is 2.34. The standard InChI is InChI=1S/C9H13ClN4/c1-9(2)3-4-14(9)7-5-6(10)12-8(11)13-7/h5H,3-4H2,1-2H3,(H2,11,12,13). The summed E-state index contributed by atoms with van der Waals surface area (Å²) in [6, 6.07) is 1.75. The van der Waals surface area contributed by atoms with Gasteiger partial charge in [0, 0.05) is 18.2 Å². The second kappa shape index (κ2) is 2.98. The minimum atomic E-state index is 0.157. The number of nitrogens with zero attached hydrogens (tertiary/aromatic N) is 3. The van der Waals surface area contributed by atoms with Gasteiger partial charge in [-0.1, -0.05) is 11.6 Å². The number of halogens is 1. The Balaban J connectivity index is 2.33. The zero-order valence-electron chi connectivity index (χ0n) is 8.29. The van der Waals surface area contributed by atoms with Crippen molar-refractivity contribution in [1.29, 1.82) is 0 Å². The van der Waals surface area contributed by atoms with Crippen LogP contribution in [0.3, 0.4) is 0 Å². The lowest BCUT2D eigenvalue weighted by Crippen LogP contribution is -2.56. The molecule has 1 fully saturated rings. The van der Waals surface area contributed by atoms with E-state index in [1.807, 2.05) is 0 Å². The summed E-state index contributed by atoms with van der Waals surface area (Å²) in [5.74, 6) is 1.05. The molecule has 0 bridgehead atoms. The van der Waals surface area contributed by atoms with E-state index in [1.165, 1.54) is 0 Å². The largest absolute Gasteiger partial charge is 0.368 e. The van der Waals surface area contributed by atoms with E-state index in [0.717, 1.165) is 18.8 Å². The lowest BCUT2D eigenvalue weighted by molar-refractivity contribution is 0.329. The van der Waals surface area contributed by atoms with Crippen molar-refractivity contribution in [2.24, 2.45) is 0 Å². The highest BCUT2D eigenvalue weighted by atomic mass is 35.5. The fraction of sp³-hybridized carbons (Fsp3) is 0.556. The van der Waals surface area contributed by atoms with Crippen molar-refractivity contribution >= 4 is 23.4 Å². The van der Waals surface area contributed by atoms with Crippen molar-refractivity contribution in [3.8, 4) is 0 Å². The first-order valence-corrected chi connectivity index (χ1v) is 4.94. The highest BCUT2D eigenvalue weighted by Gasteiger charge is 2.36. The molecule has 14 heavy (non-hydrogen) atoms. The smallest absolute Gasteiger partial charge is 0.223 e. The van der Waals surface area contributed by atoms with Gasteiger partial charge in [-0.25, -0.2) is 4.98 Å². The second-order valence-electron chi connectivity index (χ2n) is 4.12. The Morgan fingerprint density at radius 2 is 2.21 bits per heavy atom. The third-order valence-corrected chi connectivity index (χ3v) is 2.85. The van der Waals surface area contributed by atoms with Crippen LogP contribution in [0.5, 0.6) is 0 Å². The number of rotatable bonds is 1. The molecule has 4 nitrogen and oxygen atoms in total. The summed E-state index contributed by atoms with van der Waals surface area (Å²) in [6.07, 6.45) is 1.16. The van der Waals surface area contributed by atoms with Crippen LogP contribution in [-0.2, 0) is 0 Å². The Labute approximate surface area is 88.1 Å². The van der Waals surface area contributed by atoms with Crippen LogP contribution in [0.25, 0.3) is 0 Å². The molecule has 0 aliphatic carbocycles. The summed E-state index contributed by atoms with van der Waals surface area (Å²) in [7, 11) is 0. The Bertz CT molecular complexity index is 344. The number of aromatic nitrogens is 2. The minimum Gasteiger partial charge on any atom is -0.368 e. The first-order chi connectivity index (χ1) is 6.49. The Hall–Kier alpha value is -1.03. The van der Waals surface area contributed by atoms with Crippen LogP contribution in [0, 0.1) is 0 Å². The van der Waals surface area contributed by atoms with Gasteiger partial charge in [0.15, 0.2) is 0 Å². The van der Waals surface area contributed by atoms with E-state index in [-0.39, 0.29) is 11.5 Å².